The Labute approximate surface area is 143 Å². The lowest BCUT2D eigenvalue weighted by molar-refractivity contribution is -0.116. The third-order valence-corrected chi connectivity index (χ3v) is 4.49. The van der Waals surface area contributed by atoms with E-state index >= 15 is 0 Å². The molecule has 1 atom stereocenters. The number of nitrogens with two attached hydrogens (primary N) is 1. The normalized spacial score (nSPS) is 12.5. The summed E-state index contributed by atoms with van der Waals surface area (Å²) in [6.07, 6.45) is 0. The van der Waals surface area contributed by atoms with Crippen LogP contribution in [0.4, 0.5) is 11.4 Å². The van der Waals surface area contributed by atoms with Crippen LogP contribution in [-0.4, -0.2) is 20.4 Å². The third kappa shape index (κ3) is 5.05. The van der Waals surface area contributed by atoms with Crippen molar-refractivity contribution < 1.29 is 13.2 Å². The maximum Gasteiger partial charge on any atom is 0.246 e. The van der Waals surface area contributed by atoms with Crippen molar-refractivity contribution in [3.63, 3.8) is 0 Å². The Hall–Kier alpha value is -1.90. The predicted octanol–water partition coefficient (Wildman–Crippen LogP) is 2.54. The number of hydrogen-bond acceptors (Lipinski definition) is 4. The molecule has 0 heterocycles. The fourth-order valence-electron chi connectivity index (χ4n) is 1.86. The minimum Gasteiger partial charge on any atom is -0.374 e. The first kappa shape index (κ1) is 17.5. The van der Waals surface area contributed by atoms with Crippen molar-refractivity contribution in [1.82, 2.24) is 0 Å². The van der Waals surface area contributed by atoms with Gasteiger partial charge >= 0.3 is 0 Å². The summed E-state index contributed by atoms with van der Waals surface area (Å²) in [5, 5.41) is 10.8. The molecule has 122 valence electrons. The summed E-state index contributed by atoms with van der Waals surface area (Å²) in [6, 6.07) is 12.7. The molecule has 2 aromatic carbocycles. The molecule has 2 rings (SSSR count). The number of nitrogens with one attached hydrogen (secondary N) is 2. The van der Waals surface area contributed by atoms with Crippen molar-refractivity contribution in [3.8, 4) is 0 Å². The topological polar surface area (TPSA) is 101 Å². The largest absolute Gasteiger partial charge is 0.374 e. The Balaban J connectivity index is 2.05. The predicted molar refractivity (Wildman–Crippen MR) is 93.7 cm³/mol. The van der Waals surface area contributed by atoms with Gasteiger partial charge in [0.15, 0.2) is 0 Å². The first-order valence-corrected chi connectivity index (χ1v) is 9.05. The minimum atomic E-state index is -3.81. The molecular weight excluding hydrogens is 382 g/mol. The summed E-state index contributed by atoms with van der Waals surface area (Å²) < 4.78 is 23.6. The average molecular weight is 398 g/mol. The molecule has 4 N–H and O–H groups in total. The Morgan fingerprint density at radius 1 is 1.13 bits per heavy atom. The van der Waals surface area contributed by atoms with Gasteiger partial charge in [0, 0.05) is 15.8 Å². The molecule has 6 nitrogen and oxygen atoms in total. The maximum atomic E-state index is 12.2. The Morgan fingerprint density at radius 3 is 2.39 bits per heavy atom. The zero-order valence-corrected chi connectivity index (χ0v) is 14.7. The second kappa shape index (κ2) is 7.12. The highest BCUT2D eigenvalue weighted by Crippen LogP contribution is 2.17. The van der Waals surface area contributed by atoms with Crippen molar-refractivity contribution in [2.75, 3.05) is 10.6 Å². The molecule has 0 fully saturated rings. The first-order chi connectivity index (χ1) is 10.8. The summed E-state index contributed by atoms with van der Waals surface area (Å²) in [5.74, 6) is -0.292. The van der Waals surface area contributed by atoms with E-state index in [0.29, 0.717) is 5.69 Å². The van der Waals surface area contributed by atoms with Crippen LogP contribution in [0.1, 0.15) is 6.92 Å². The van der Waals surface area contributed by atoms with Gasteiger partial charge in [-0.2, -0.15) is 0 Å². The monoisotopic (exact) mass is 397 g/mol. The number of carbonyl (C=O) groups excluding carboxylic acids is 1. The van der Waals surface area contributed by atoms with E-state index in [-0.39, 0.29) is 10.8 Å². The average Bonchev–Trinajstić information content (AvgIpc) is 2.49. The van der Waals surface area contributed by atoms with E-state index < -0.39 is 16.1 Å². The molecule has 1 amide bonds. The van der Waals surface area contributed by atoms with Gasteiger partial charge in [-0.1, -0.05) is 22.0 Å². The molecule has 2 aromatic rings. The molecule has 8 heteroatoms. The van der Waals surface area contributed by atoms with Crippen LogP contribution in [0.2, 0.25) is 0 Å². The standard InChI is InChI=1S/C15H16BrN3O3S/c1-10(18-12-7-5-11(16)6-8-12)15(20)19-13-3-2-4-14(9-13)23(17,21)22/h2-10,18H,1H3,(H,19,20)(H2,17,21,22)/t10-/m0/s1. The molecule has 0 aliphatic rings. The van der Waals surface area contributed by atoms with Gasteiger partial charge in [0.05, 0.1) is 4.90 Å². The van der Waals surface area contributed by atoms with Gasteiger partial charge < -0.3 is 10.6 Å². The number of halogens is 1. The van der Waals surface area contributed by atoms with Gasteiger partial charge in [-0.15, -0.1) is 0 Å². The maximum absolute atomic E-state index is 12.2. The van der Waals surface area contributed by atoms with Crippen LogP contribution in [0.5, 0.6) is 0 Å². The molecule has 0 bridgehead atoms. The zero-order chi connectivity index (χ0) is 17.0. The van der Waals surface area contributed by atoms with Crippen LogP contribution in [0.3, 0.4) is 0 Å². The fourth-order valence-corrected chi connectivity index (χ4v) is 2.69. The van der Waals surface area contributed by atoms with E-state index in [1.807, 2.05) is 24.3 Å². The van der Waals surface area contributed by atoms with Crippen LogP contribution in [0, 0.1) is 0 Å². The summed E-state index contributed by atoms with van der Waals surface area (Å²) in [5.41, 5.74) is 1.17. The number of benzene rings is 2. The van der Waals surface area contributed by atoms with Crippen molar-refractivity contribution in [1.29, 1.82) is 0 Å². The van der Waals surface area contributed by atoms with Gasteiger partial charge in [0.1, 0.15) is 6.04 Å². The van der Waals surface area contributed by atoms with Crippen LogP contribution in [-0.2, 0) is 14.8 Å². The summed E-state index contributed by atoms with van der Waals surface area (Å²) >= 11 is 3.34. The van der Waals surface area contributed by atoms with Gasteiger partial charge in [-0.25, -0.2) is 13.6 Å². The van der Waals surface area contributed by atoms with E-state index in [4.69, 9.17) is 5.14 Å². The van der Waals surface area contributed by atoms with Crippen LogP contribution >= 0.6 is 15.9 Å². The molecular formula is C15H16BrN3O3S. The molecule has 0 saturated carbocycles. The SMILES string of the molecule is C[C@H](Nc1ccc(Br)cc1)C(=O)Nc1cccc(S(N)(=O)=O)c1. The fraction of sp³-hybridized carbons (Fsp3) is 0.133. The second-order valence-electron chi connectivity index (χ2n) is 4.94. The van der Waals surface area contributed by atoms with Crippen molar-refractivity contribution in [3.05, 3.63) is 53.0 Å². The van der Waals surface area contributed by atoms with Crippen LogP contribution in [0.25, 0.3) is 0 Å². The molecule has 0 radical (unpaired) electrons. The number of rotatable bonds is 5. The van der Waals surface area contributed by atoms with E-state index in [0.717, 1.165) is 10.2 Å². The number of carbonyl (C=O) groups is 1. The summed E-state index contributed by atoms with van der Waals surface area (Å²) in [4.78, 5) is 12.1. The zero-order valence-electron chi connectivity index (χ0n) is 12.3. The van der Waals surface area contributed by atoms with E-state index in [1.54, 1.807) is 13.0 Å². The highest BCUT2D eigenvalue weighted by Gasteiger charge is 2.14. The summed E-state index contributed by atoms with van der Waals surface area (Å²) in [7, 11) is -3.81. The van der Waals surface area contributed by atoms with Crippen molar-refractivity contribution in [2.24, 2.45) is 5.14 Å². The quantitative estimate of drug-likeness (QED) is 0.721. The highest BCUT2D eigenvalue weighted by atomic mass is 79.9. The molecule has 0 aliphatic carbocycles. The van der Waals surface area contributed by atoms with Gasteiger partial charge in [0.25, 0.3) is 0 Å². The molecule has 0 aromatic heterocycles. The Bertz CT molecular complexity index is 807. The summed E-state index contributed by atoms with van der Waals surface area (Å²) in [6.45, 7) is 1.71. The van der Waals surface area contributed by atoms with E-state index in [9.17, 15) is 13.2 Å². The first-order valence-electron chi connectivity index (χ1n) is 6.71. The highest BCUT2D eigenvalue weighted by molar-refractivity contribution is 9.10. The number of anilines is 2. The van der Waals surface area contributed by atoms with E-state index in [2.05, 4.69) is 26.6 Å². The lowest BCUT2D eigenvalue weighted by atomic mass is 10.2. The van der Waals surface area contributed by atoms with E-state index in [1.165, 1.54) is 18.2 Å². The van der Waals surface area contributed by atoms with Gasteiger partial charge in [-0.05, 0) is 49.4 Å². The van der Waals surface area contributed by atoms with Gasteiger partial charge in [-0.3, -0.25) is 4.79 Å². The lowest BCUT2D eigenvalue weighted by Crippen LogP contribution is -2.31. The van der Waals surface area contributed by atoms with Crippen molar-refractivity contribution in [2.45, 2.75) is 17.9 Å². The second-order valence-corrected chi connectivity index (χ2v) is 7.41. The molecule has 0 spiro atoms. The molecule has 0 aliphatic heterocycles. The lowest BCUT2D eigenvalue weighted by Gasteiger charge is -2.15. The third-order valence-electron chi connectivity index (χ3n) is 3.05. The number of sulfonamides is 1. The van der Waals surface area contributed by atoms with Crippen molar-refractivity contribution >= 4 is 43.2 Å². The molecule has 0 unspecified atom stereocenters. The number of amides is 1. The van der Waals surface area contributed by atoms with Crippen LogP contribution in [0.15, 0.2) is 57.9 Å². The van der Waals surface area contributed by atoms with Gasteiger partial charge in [0.2, 0.25) is 15.9 Å². The Kier molecular flexibility index (Phi) is 5.40. The Morgan fingerprint density at radius 2 is 1.78 bits per heavy atom. The minimum absolute atomic E-state index is 0.0520. The number of primary sulfonamides is 1. The molecule has 0 saturated heterocycles. The smallest absolute Gasteiger partial charge is 0.246 e. The van der Waals surface area contributed by atoms with Crippen LogP contribution < -0.4 is 15.8 Å². The molecule has 23 heavy (non-hydrogen) atoms. The number of hydrogen-bond donors (Lipinski definition) is 3.